The van der Waals surface area contributed by atoms with E-state index in [0.717, 1.165) is 37.5 Å². The van der Waals surface area contributed by atoms with Gasteiger partial charge >= 0.3 is 0 Å². The van der Waals surface area contributed by atoms with Crippen molar-refractivity contribution in [3.63, 3.8) is 0 Å². The molecule has 0 N–H and O–H groups in total. The molecule has 138 valence electrons. The summed E-state index contributed by atoms with van der Waals surface area (Å²) in [6.45, 7) is 7.28. The van der Waals surface area contributed by atoms with E-state index in [1.807, 2.05) is 24.9 Å². The number of piperidine rings is 1. The molecule has 1 saturated heterocycles. The van der Waals surface area contributed by atoms with E-state index in [4.69, 9.17) is 4.52 Å². The first-order chi connectivity index (χ1) is 12.0. The van der Waals surface area contributed by atoms with Gasteiger partial charge in [0, 0.05) is 43.5 Å². The van der Waals surface area contributed by atoms with Crippen molar-refractivity contribution in [3.8, 4) is 0 Å². The maximum atomic E-state index is 5.39. The van der Waals surface area contributed by atoms with Crippen LogP contribution in [0.25, 0.3) is 0 Å². The molecule has 25 heavy (non-hydrogen) atoms. The minimum atomic E-state index is 0.444. The van der Waals surface area contributed by atoms with Crippen molar-refractivity contribution in [2.75, 3.05) is 27.2 Å². The molecule has 0 spiro atoms. The van der Waals surface area contributed by atoms with Gasteiger partial charge in [-0.05, 0) is 52.7 Å². The summed E-state index contributed by atoms with van der Waals surface area (Å²) >= 11 is 0. The van der Waals surface area contributed by atoms with Crippen LogP contribution in [0.2, 0.25) is 0 Å². The largest absolute Gasteiger partial charge is 0.361 e. The average Bonchev–Trinajstić information content (AvgIpc) is 3.14. The van der Waals surface area contributed by atoms with E-state index in [-0.39, 0.29) is 0 Å². The van der Waals surface area contributed by atoms with Gasteiger partial charge in [0.25, 0.3) is 0 Å². The van der Waals surface area contributed by atoms with Gasteiger partial charge in [0.1, 0.15) is 5.76 Å². The Morgan fingerprint density at radius 2 is 2.16 bits per heavy atom. The normalized spacial score (nSPS) is 22.0. The molecule has 1 aliphatic heterocycles. The lowest BCUT2D eigenvalue weighted by Gasteiger charge is -2.40. The first-order valence-corrected chi connectivity index (χ1v) is 9.31. The van der Waals surface area contributed by atoms with Crippen molar-refractivity contribution < 1.29 is 4.52 Å². The number of likely N-dealkylation sites (tertiary alicyclic amines) is 1. The fourth-order valence-electron chi connectivity index (χ4n) is 4.22. The van der Waals surface area contributed by atoms with Crippen LogP contribution in [-0.2, 0) is 20.0 Å². The van der Waals surface area contributed by atoms with Crippen LogP contribution in [0.15, 0.2) is 16.9 Å². The fourth-order valence-corrected chi connectivity index (χ4v) is 4.22. The Morgan fingerprint density at radius 3 is 2.84 bits per heavy atom. The van der Waals surface area contributed by atoms with Gasteiger partial charge in [0.2, 0.25) is 0 Å². The predicted molar refractivity (Wildman–Crippen MR) is 98.3 cm³/mol. The minimum absolute atomic E-state index is 0.444. The van der Waals surface area contributed by atoms with Crippen molar-refractivity contribution in [3.05, 3.63) is 35.0 Å². The number of hydrogen-bond acceptors (Lipinski definition) is 5. The molecule has 3 heterocycles. The second kappa shape index (κ2) is 7.70. The molecular formula is C19H31N5O. The van der Waals surface area contributed by atoms with Crippen LogP contribution in [0.5, 0.6) is 0 Å². The van der Waals surface area contributed by atoms with Gasteiger partial charge < -0.3 is 9.42 Å². The SMILES string of the molecule is CCc1noc(C)c1CN(C)C[C@@H]1CCCN(C)[C@H]1c1cnn(C)c1. The number of aryl methyl sites for hydroxylation is 3. The lowest BCUT2D eigenvalue weighted by molar-refractivity contribution is 0.0924. The first-order valence-electron chi connectivity index (χ1n) is 9.31. The van der Waals surface area contributed by atoms with Gasteiger partial charge in [0.15, 0.2) is 0 Å². The molecule has 0 aromatic carbocycles. The molecule has 0 saturated carbocycles. The zero-order chi connectivity index (χ0) is 18.0. The summed E-state index contributed by atoms with van der Waals surface area (Å²) in [5.74, 6) is 1.56. The third-order valence-corrected chi connectivity index (χ3v) is 5.45. The van der Waals surface area contributed by atoms with Crippen LogP contribution in [0.1, 0.15) is 48.4 Å². The van der Waals surface area contributed by atoms with Crippen LogP contribution in [0.4, 0.5) is 0 Å². The molecule has 0 bridgehead atoms. The van der Waals surface area contributed by atoms with Crippen LogP contribution in [0.3, 0.4) is 0 Å². The minimum Gasteiger partial charge on any atom is -0.361 e. The van der Waals surface area contributed by atoms with Crippen LogP contribution in [0, 0.1) is 12.8 Å². The van der Waals surface area contributed by atoms with E-state index in [1.54, 1.807) is 0 Å². The highest BCUT2D eigenvalue weighted by molar-refractivity contribution is 5.22. The molecule has 0 aliphatic carbocycles. The Hall–Kier alpha value is -1.66. The fraction of sp³-hybridized carbons (Fsp3) is 0.684. The second-order valence-electron chi connectivity index (χ2n) is 7.49. The number of nitrogens with zero attached hydrogens (tertiary/aromatic N) is 5. The average molecular weight is 345 g/mol. The number of aromatic nitrogens is 3. The van der Waals surface area contributed by atoms with Crippen molar-refractivity contribution in [1.29, 1.82) is 0 Å². The van der Waals surface area contributed by atoms with Crippen molar-refractivity contribution >= 4 is 0 Å². The molecule has 0 amide bonds. The van der Waals surface area contributed by atoms with Crippen LogP contribution in [-0.4, -0.2) is 51.9 Å². The predicted octanol–water partition coefficient (Wildman–Crippen LogP) is 2.79. The summed E-state index contributed by atoms with van der Waals surface area (Å²) in [7, 11) is 6.44. The second-order valence-corrected chi connectivity index (χ2v) is 7.49. The van der Waals surface area contributed by atoms with E-state index in [0.29, 0.717) is 12.0 Å². The van der Waals surface area contributed by atoms with E-state index in [1.165, 1.54) is 24.0 Å². The smallest absolute Gasteiger partial charge is 0.138 e. The Morgan fingerprint density at radius 1 is 1.36 bits per heavy atom. The summed E-state index contributed by atoms with van der Waals surface area (Å²) in [6, 6.07) is 0.444. The highest BCUT2D eigenvalue weighted by Crippen LogP contribution is 2.35. The molecule has 1 fully saturated rings. The Kier molecular flexibility index (Phi) is 5.59. The Labute approximate surface area is 150 Å². The van der Waals surface area contributed by atoms with Crippen molar-refractivity contribution in [2.45, 2.75) is 45.7 Å². The van der Waals surface area contributed by atoms with Gasteiger partial charge in [0.05, 0.1) is 11.9 Å². The summed E-state index contributed by atoms with van der Waals surface area (Å²) in [4.78, 5) is 4.91. The molecule has 2 aromatic heterocycles. The van der Waals surface area contributed by atoms with Crippen molar-refractivity contribution in [2.24, 2.45) is 13.0 Å². The Balaban J connectivity index is 1.71. The molecule has 2 atom stereocenters. The Bertz CT molecular complexity index is 692. The summed E-state index contributed by atoms with van der Waals surface area (Å²) < 4.78 is 7.30. The monoisotopic (exact) mass is 345 g/mol. The van der Waals surface area contributed by atoms with Crippen molar-refractivity contribution in [1.82, 2.24) is 24.7 Å². The maximum Gasteiger partial charge on any atom is 0.138 e. The highest BCUT2D eigenvalue weighted by Gasteiger charge is 2.32. The standard InChI is InChI=1S/C19H31N5O/c1-6-18-17(14(2)25-21-18)13-22(3)11-15-8-7-9-23(4)19(15)16-10-20-24(5)12-16/h10,12,15,19H,6-9,11,13H2,1-5H3/t15-,19+/m0/s1. The molecule has 0 unspecified atom stereocenters. The third kappa shape index (κ3) is 3.96. The molecular weight excluding hydrogens is 314 g/mol. The molecule has 1 aliphatic rings. The topological polar surface area (TPSA) is 50.3 Å². The maximum absolute atomic E-state index is 5.39. The molecule has 3 rings (SSSR count). The highest BCUT2D eigenvalue weighted by atomic mass is 16.5. The number of rotatable bonds is 6. The third-order valence-electron chi connectivity index (χ3n) is 5.45. The quantitative estimate of drug-likeness (QED) is 0.806. The van der Waals surface area contributed by atoms with Crippen LogP contribution < -0.4 is 0 Å². The first kappa shape index (κ1) is 18.1. The lowest BCUT2D eigenvalue weighted by atomic mass is 9.85. The van der Waals surface area contributed by atoms with Gasteiger partial charge in [-0.2, -0.15) is 5.10 Å². The lowest BCUT2D eigenvalue weighted by Crippen LogP contribution is -2.40. The van der Waals surface area contributed by atoms with Crippen LogP contribution >= 0.6 is 0 Å². The zero-order valence-electron chi connectivity index (χ0n) is 16.2. The molecule has 6 nitrogen and oxygen atoms in total. The molecule has 2 aromatic rings. The van der Waals surface area contributed by atoms with E-state index < -0.39 is 0 Å². The summed E-state index contributed by atoms with van der Waals surface area (Å²) in [6.07, 6.45) is 7.64. The van der Waals surface area contributed by atoms with E-state index in [2.05, 4.69) is 47.3 Å². The molecule has 0 radical (unpaired) electrons. The van der Waals surface area contributed by atoms with E-state index in [9.17, 15) is 0 Å². The summed E-state index contributed by atoms with van der Waals surface area (Å²) in [5, 5.41) is 8.58. The number of hydrogen-bond donors (Lipinski definition) is 0. The van der Waals surface area contributed by atoms with Gasteiger partial charge in [-0.1, -0.05) is 12.1 Å². The van der Waals surface area contributed by atoms with Gasteiger partial charge in [-0.15, -0.1) is 0 Å². The van der Waals surface area contributed by atoms with E-state index >= 15 is 0 Å². The van der Waals surface area contributed by atoms with Gasteiger partial charge in [-0.25, -0.2) is 0 Å². The zero-order valence-corrected chi connectivity index (χ0v) is 16.2. The van der Waals surface area contributed by atoms with Gasteiger partial charge in [-0.3, -0.25) is 9.58 Å². The molecule has 6 heteroatoms. The summed E-state index contributed by atoms with van der Waals surface area (Å²) in [5.41, 5.74) is 3.68.